The van der Waals surface area contributed by atoms with E-state index in [2.05, 4.69) is 28.1 Å². The summed E-state index contributed by atoms with van der Waals surface area (Å²) in [7, 11) is 0. The number of hydrogen-bond acceptors (Lipinski definition) is 5. The number of ketones is 1. The van der Waals surface area contributed by atoms with E-state index in [0.717, 1.165) is 25.2 Å². The third-order valence-corrected chi connectivity index (χ3v) is 5.33. The molecule has 0 radical (unpaired) electrons. The molecule has 0 bridgehead atoms. The molecule has 2 unspecified atom stereocenters. The van der Waals surface area contributed by atoms with Crippen LogP contribution in [-0.2, 0) is 10.2 Å². The average Bonchev–Trinajstić information content (AvgIpc) is 3.27. The molecule has 2 aliphatic rings. The van der Waals surface area contributed by atoms with Gasteiger partial charge in [0.15, 0.2) is 5.78 Å². The van der Waals surface area contributed by atoms with Gasteiger partial charge in [0, 0.05) is 35.4 Å². The standard InChI is InChI=1S/C20H21N3O3/c24-10-18(25)13-5-7-14(8-6-13)23-19(26)17-9-20(12-22-17)11-21-16-4-2-1-3-15(16)20/h1-8,17,21-22,24H,9-12H2,(H,23,26). The van der Waals surface area contributed by atoms with E-state index in [1.165, 1.54) is 5.56 Å². The Morgan fingerprint density at radius 3 is 2.65 bits per heavy atom. The number of anilines is 2. The van der Waals surface area contributed by atoms with E-state index in [-0.39, 0.29) is 23.1 Å². The molecule has 0 aromatic heterocycles. The van der Waals surface area contributed by atoms with Crippen LogP contribution in [0.3, 0.4) is 0 Å². The molecule has 2 atom stereocenters. The van der Waals surface area contributed by atoms with Gasteiger partial charge in [-0.15, -0.1) is 0 Å². The van der Waals surface area contributed by atoms with Crippen LogP contribution in [0.4, 0.5) is 11.4 Å². The summed E-state index contributed by atoms with van der Waals surface area (Å²) in [6, 6.07) is 14.6. The van der Waals surface area contributed by atoms with Gasteiger partial charge in [0.1, 0.15) is 6.61 Å². The lowest BCUT2D eigenvalue weighted by molar-refractivity contribution is -0.117. The smallest absolute Gasteiger partial charge is 0.241 e. The molecule has 0 aliphatic carbocycles. The van der Waals surface area contributed by atoms with Gasteiger partial charge < -0.3 is 21.1 Å². The number of amides is 1. The Bertz CT molecular complexity index is 850. The van der Waals surface area contributed by atoms with E-state index in [1.54, 1.807) is 24.3 Å². The highest BCUT2D eigenvalue weighted by Gasteiger charge is 2.46. The van der Waals surface area contributed by atoms with Crippen LogP contribution in [0, 0.1) is 0 Å². The average molecular weight is 351 g/mol. The number of rotatable bonds is 4. The molecule has 134 valence electrons. The highest BCUT2D eigenvalue weighted by Crippen LogP contribution is 2.42. The Hall–Kier alpha value is -2.70. The predicted octanol–water partition coefficient (Wildman–Crippen LogP) is 1.53. The van der Waals surface area contributed by atoms with Crippen molar-refractivity contribution in [3.05, 3.63) is 59.7 Å². The minimum Gasteiger partial charge on any atom is -0.388 e. The van der Waals surface area contributed by atoms with Crippen molar-refractivity contribution in [3.8, 4) is 0 Å². The first kappa shape index (κ1) is 16.8. The summed E-state index contributed by atoms with van der Waals surface area (Å²) in [4.78, 5) is 24.1. The number of hydrogen-bond donors (Lipinski definition) is 4. The van der Waals surface area contributed by atoms with Gasteiger partial charge in [-0.2, -0.15) is 0 Å². The van der Waals surface area contributed by atoms with Crippen LogP contribution in [0.2, 0.25) is 0 Å². The first-order valence-corrected chi connectivity index (χ1v) is 8.73. The summed E-state index contributed by atoms with van der Waals surface area (Å²) >= 11 is 0. The van der Waals surface area contributed by atoms with Crippen molar-refractivity contribution in [2.24, 2.45) is 0 Å². The van der Waals surface area contributed by atoms with Crippen molar-refractivity contribution in [2.45, 2.75) is 17.9 Å². The van der Waals surface area contributed by atoms with Crippen molar-refractivity contribution in [1.29, 1.82) is 0 Å². The summed E-state index contributed by atoms with van der Waals surface area (Å²) in [6.45, 7) is 1.08. The number of benzene rings is 2. The molecule has 0 saturated carbocycles. The number of aliphatic hydroxyl groups excluding tert-OH is 1. The molecule has 6 nitrogen and oxygen atoms in total. The zero-order chi connectivity index (χ0) is 18.1. The van der Waals surface area contributed by atoms with Crippen LogP contribution in [0.1, 0.15) is 22.3 Å². The van der Waals surface area contributed by atoms with Gasteiger partial charge in [-0.25, -0.2) is 0 Å². The lowest BCUT2D eigenvalue weighted by Gasteiger charge is -2.22. The summed E-state index contributed by atoms with van der Waals surface area (Å²) in [6.07, 6.45) is 0.740. The van der Waals surface area contributed by atoms with Crippen LogP contribution in [0.5, 0.6) is 0 Å². The highest BCUT2D eigenvalue weighted by molar-refractivity contribution is 5.98. The van der Waals surface area contributed by atoms with E-state index >= 15 is 0 Å². The van der Waals surface area contributed by atoms with Gasteiger partial charge in [0.05, 0.1) is 6.04 Å². The summed E-state index contributed by atoms with van der Waals surface area (Å²) in [5.74, 6) is -0.415. The third kappa shape index (κ3) is 2.87. The Morgan fingerprint density at radius 2 is 1.88 bits per heavy atom. The molecule has 2 aliphatic heterocycles. The molecule has 4 rings (SSSR count). The summed E-state index contributed by atoms with van der Waals surface area (Å²) < 4.78 is 0. The van der Waals surface area contributed by atoms with Gasteiger partial charge in [0.2, 0.25) is 5.91 Å². The highest BCUT2D eigenvalue weighted by atomic mass is 16.3. The van der Waals surface area contributed by atoms with Crippen molar-refractivity contribution in [1.82, 2.24) is 5.32 Å². The van der Waals surface area contributed by atoms with Gasteiger partial charge in [-0.05, 0) is 42.3 Å². The van der Waals surface area contributed by atoms with Gasteiger partial charge in [-0.1, -0.05) is 18.2 Å². The zero-order valence-electron chi connectivity index (χ0n) is 14.3. The fourth-order valence-corrected chi connectivity index (χ4v) is 3.90. The van der Waals surface area contributed by atoms with E-state index in [9.17, 15) is 9.59 Å². The molecule has 1 fully saturated rings. The topological polar surface area (TPSA) is 90.5 Å². The van der Waals surface area contributed by atoms with Crippen molar-refractivity contribution in [3.63, 3.8) is 0 Å². The molecule has 4 N–H and O–H groups in total. The monoisotopic (exact) mass is 351 g/mol. The minimum atomic E-state index is -0.519. The quantitative estimate of drug-likeness (QED) is 0.627. The zero-order valence-corrected chi connectivity index (χ0v) is 14.3. The normalized spacial score (nSPS) is 23.5. The predicted molar refractivity (Wildman–Crippen MR) is 99.5 cm³/mol. The largest absolute Gasteiger partial charge is 0.388 e. The van der Waals surface area contributed by atoms with Crippen molar-refractivity contribution >= 4 is 23.1 Å². The van der Waals surface area contributed by atoms with E-state index < -0.39 is 6.61 Å². The number of para-hydroxylation sites is 1. The molecule has 6 heteroatoms. The fraction of sp³-hybridized carbons (Fsp3) is 0.300. The molecule has 1 spiro atoms. The van der Waals surface area contributed by atoms with Crippen LogP contribution >= 0.6 is 0 Å². The van der Waals surface area contributed by atoms with E-state index in [1.807, 2.05) is 12.1 Å². The number of Topliss-reactive ketones (excluding diaryl/α,β-unsaturated/α-hetero) is 1. The lowest BCUT2D eigenvalue weighted by Crippen LogP contribution is -2.35. The van der Waals surface area contributed by atoms with Crippen LogP contribution in [0.15, 0.2) is 48.5 Å². The number of carbonyl (C=O) groups excluding carboxylic acids is 2. The molecular weight excluding hydrogens is 330 g/mol. The van der Waals surface area contributed by atoms with Crippen LogP contribution in [0.25, 0.3) is 0 Å². The first-order valence-electron chi connectivity index (χ1n) is 8.73. The number of nitrogens with one attached hydrogen (secondary N) is 3. The Balaban J connectivity index is 1.43. The molecule has 1 saturated heterocycles. The number of carbonyl (C=O) groups is 2. The molecular formula is C20H21N3O3. The van der Waals surface area contributed by atoms with E-state index in [0.29, 0.717) is 11.3 Å². The van der Waals surface area contributed by atoms with Crippen molar-refractivity contribution in [2.75, 3.05) is 30.3 Å². The molecule has 2 aromatic carbocycles. The Labute approximate surface area is 151 Å². The van der Waals surface area contributed by atoms with Gasteiger partial charge >= 0.3 is 0 Å². The Kier molecular flexibility index (Phi) is 4.22. The maximum Gasteiger partial charge on any atom is 0.241 e. The molecule has 26 heavy (non-hydrogen) atoms. The molecule has 1 amide bonds. The summed E-state index contributed by atoms with van der Waals surface area (Å²) in [5, 5.41) is 18.6. The second-order valence-electron chi connectivity index (χ2n) is 6.96. The van der Waals surface area contributed by atoms with E-state index in [4.69, 9.17) is 5.11 Å². The lowest BCUT2D eigenvalue weighted by atomic mass is 9.80. The summed E-state index contributed by atoms with van der Waals surface area (Å²) in [5.41, 5.74) is 3.44. The second kappa shape index (κ2) is 6.55. The number of fused-ring (bicyclic) bond motifs is 2. The van der Waals surface area contributed by atoms with Crippen molar-refractivity contribution < 1.29 is 14.7 Å². The van der Waals surface area contributed by atoms with Gasteiger partial charge in [-0.3, -0.25) is 9.59 Å². The fourth-order valence-electron chi connectivity index (χ4n) is 3.90. The molecule has 2 heterocycles. The van der Waals surface area contributed by atoms with Crippen LogP contribution < -0.4 is 16.0 Å². The Morgan fingerprint density at radius 1 is 1.12 bits per heavy atom. The SMILES string of the molecule is O=C(CO)c1ccc(NC(=O)C2CC3(CNc4ccccc43)CN2)cc1. The number of aliphatic hydroxyl groups is 1. The first-order chi connectivity index (χ1) is 12.6. The second-order valence-corrected chi connectivity index (χ2v) is 6.96. The third-order valence-electron chi connectivity index (χ3n) is 5.33. The van der Waals surface area contributed by atoms with Gasteiger partial charge in [0.25, 0.3) is 0 Å². The maximum atomic E-state index is 12.6. The minimum absolute atomic E-state index is 0.0456. The molecule has 2 aromatic rings. The maximum absolute atomic E-state index is 12.6. The van der Waals surface area contributed by atoms with Crippen LogP contribution in [-0.4, -0.2) is 42.5 Å².